The van der Waals surface area contributed by atoms with Crippen molar-refractivity contribution in [1.82, 2.24) is 14.5 Å². The number of benzene rings is 2. The number of carbonyl (C=O) groups is 1. The zero-order valence-electron chi connectivity index (χ0n) is 16.2. The second-order valence-electron chi connectivity index (χ2n) is 6.70. The first-order chi connectivity index (χ1) is 14.6. The van der Waals surface area contributed by atoms with Crippen LogP contribution in [0.3, 0.4) is 0 Å². The quantitative estimate of drug-likeness (QED) is 0.419. The van der Waals surface area contributed by atoms with Crippen LogP contribution in [-0.4, -0.2) is 27.7 Å². The summed E-state index contributed by atoms with van der Waals surface area (Å²) in [5, 5.41) is 9.09. The molecule has 0 saturated heterocycles. The van der Waals surface area contributed by atoms with Gasteiger partial charge in [0.25, 0.3) is 0 Å². The van der Waals surface area contributed by atoms with Gasteiger partial charge < -0.3 is 14.6 Å². The first-order valence-corrected chi connectivity index (χ1v) is 9.98. The molecule has 9 heteroatoms. The number of aromatic nitrogens is 3. The Labute approximate surface area is 175 Å². The lowest BCUT2D eigenvalue weighted by Gasteiger charge is -2.05. The number of thiazole rings is 1. The minimum absolute atomic E-state index is 0.296. The second-order valence-corrected chi connectivity index (χ2v) is 7.71. The highest BCUT2D eigenvalue weighted by atomic mass is 32.1. The van der Waals surface area contributed by atoms with Crippen LogP contribution in [0, 0.1) is 6.92 Å². The van der Waals surface area contributed by atoms with E-state index in [9.17, 15) is 4.79 Å². The van der Waals surface area contributed by atoms with E-state index in [1.165, 1.54) is 0 Å². The number of fused-ring (bicyclic) bond motifs is 3. The van der Waals surface area contributed by atoms with E-state index in [-0.39, 0.29) is 0 Å². The molecule has 3 heterocycles. The Bertz CT molecular complexity index is 1370. The van der Waals surface area contributed by atoms with E-state index in [4.69, 9.17) is 14.2 Å². The van der Waals surface area contributed by atoms with Crippen molar-refractivity contribution in [2.45, 2.75) is 6.92 Å². The predicted molar refractivity (Wildman–Crippen MR) is 116 cm³/mol. The number of methoxy groups -OCH3 is 1. The Kier molecular flexibility index (Phi) is 4.36. The molecule has 0 aliphatic heterocycles. The summed E-state index contributed by atoms with van der Waals surface area (Å²) in [6.07, 6.45) is 2.02. The molecule has 2 aromatic carbocycles. The number of hydrogen-bond donors (Lipinski definition) is 2. The van der Waals surface area contributed by atoms with Crippen LogP contribution in [0.4, 0.5) is 16.4 Å². The topological polar surface area (TPSA) is 93.7 Å². The van der Waals surface area contributed by atoms with Gasteiger partial charge in [0.15, 0.2) is 4.96 Å². The molecule has 0 aliphatic rings. The number of nitrogens with zero attached hydrogens (tertiary/aromatic N) is 3. The minimum atomic E-state index is -0.400. The van der Waals surface area contributed by atoms with Gasteiger partial charge in [0, 0.05) is 23.5 Å². The maximum Gasteiger partial charge on any atom is 0.326 e. The van der Waals surface area contributed by atoms with Crippen molar-refractivity contribution in [3.05, 3.63) is 60.4 Å². The minimum Gasteiger partial charge on any atom is -0.497 e. The van der Waals surface area contributed by atoms with E-state index >= 15 is 0 Å². The molecule has 0 atom stereocenters. The number of nitrogens with one attached hydrogen (secondary N) is 2. The van der Waals surface area contributed by atoms with Gasteiger partial charge in [0.2, 0.25) is 5.88 Å². The van der Waals surface area contributed by atoms with Crippen LogP contribution >= 0.6 is 11.3 Å². The molecule has 5 rings (SSSR count). The molecule has 0 bridgehead atoms. The highest BCUT2D eigenvalue weighted by Gasteiger charge is 2.12. The second kappa shape index (κ2) is 7.20. The summed E-state index contributed by atoms with van der Waals surface area (Å²) >= 11 is 1.61. The Hall–Kier alpha value is -3.85. The average Bonchev–Trinajstić information content (AvgIpc) is 3.42. The summed E-state index contributed by atoms with van der Waals surface area (Å²) in [5.74, 6) is 1.13. The summed E-state index contributed by atoms with van der Waals surface area (Å²) in [5.41, 5.74) is 4.27. The van der Waals surface area contributed by atoms with Crippen LogP contribution in [0.1, 0.15) is 5.69 Å². The number of anilines is 2. The van der Waals surface area contributed by atoms with E-state index in [1.54, 1.807) is 31.4 Å². The number of hydrogen-bond acceptors (Lipinski definition) is 6. The fourth-order valence-corrected chi connectivity index (χ4v) is 4.20. The Balaban J connectivity index is 1.34. The molecule has 0 aliphatic carbocycles. The Morgan fingerprint density at radius 1 is 1.13 bits per heavy atom. The number of aryl methyl sites for hydroxylation is 1. The molecule has 0 fully saturated rings. The first-order valence-electron chi connectivity index (χ1n) is 9.16. The number of ether oxygens (including phenoxy) is 1. The highest BCUT2D eigenvalue weighted by Crippen LogP contribution is 2.32. The van der Waals surface area contributed by atoms with Gasteiger partial charge >= 0.3 is 6.03 Å². The van der Waals surface area contributed by atoms with Gasteiger partial charge in [-0.05, 0) is 37.3 Å². The third-order valence-electron chi connectivity index (χ3n) is 4.60. The summed E-state index contributed by atoms with van der Waals surface area (Å²) < 4.78 is 13.5. The third kappa shape index (κ3) is 3.35. The highest BCUT2D eigenvalue weighted by molar-refractivity contribution is 7.23. The summed E-state index contributed by atoms with van der Waals surface area (Å²) in [6, 6.07) is 14.7. The normalized spacial score (nSPS) is 11.1. The molecule has 5 aromatic rings. The molecule has 0 saturated carbocycles. The van der Waals surface area contributed by atoms with Crippen LogP contribution < -0.4 is 15.4 Å². The molecule has 0 unspecified atom stereocenters. The molecule has 150 valence electrons. The van der Waals surface area contributed by atoms with E-state index in [0.29, 0.717) is 17.3 Å². The number of imidazole rings is 1. The molecular formula is C21H17N5O3S. The molecule has 3 aromatic heterocycles. The monoisotopic (exact) mass is 419 g/mol. The average molecular weight is 419 g/mol. The molecule has 2 N–H and O–H groups in total. The maximum absolute atomic E-state index is 12.1. The summed E-state index contributed by atoms with van der Waals surface area (Å²) in [7, 11) is 1.66. The van der Waals surface area contributed by atoms with Gasteiger partial charge in [0.1, 0.15) is 5.75 Å². The number of rotatable bonds is 4. The third-order valence-corrected chi connectivity index (χ3v) is 5.62. The van der Waals surface area contributed by atoms with E-state index in [1.807, 2.05) is 48.7 Å². The molecule has 2 amide bonds. The lowest BCUT2D eigenvalue weighted by Crippen LogP contribution is -2.18. The van der Waals surface area contributed by atoms with Crippen LogP contribution in [0.5, 0.6) is 5.75 Å². The fraction of sp³-hybridized carbons (Fsp3) is 0.0952. The van der Waals surface area contributed by atoms with Gasteiger partial charge in [-0.1, -0.05) is 28.6 Å². The Morgan fingerprint density at radius 2 is 1.97 bits per heavy atom. The first kappa shape index (κ1) is 18.2. The van der Waals surface area contributed by atoms with Crippen molar-refractivity contribution in [3.63, 3.8) is 0 Å². The van der Waals surface area contributed by atoms with Crippen LogP contribution in [0.15, 0.2) is 59.3 Å². The van der Waals surface area contributed by atoms with Crippen molar-refractivity contribution in [3.8, 4) is 17.0 Å². The van der Waals surface area contributed by atoms with Crippen LogP contribution in [0.2, 0.25) is 0 Å². The lowest BCUT2D eigenvalue weighted by molar-refractivity contribution is 0.261. The number of urea groups is 1. The largest absolute Gasteiger partial charge is 0.497 e. The van der Waals surface area contributed by atoms with Crippen molar-refractivity contribution in [2.75, 3.05) is 17.7 Å². The van der Waals surface area contributed by atoms with Gasteiger partial charge in [0.05, 0.1) is 28.7 Å². The zero-order chi connectivity index (χ0) is 20.7. The van der Waals surface area contributed by atoms with Crippen molar-refractivity contribution >= 4 is 44.1 Å². The Morgan fingerprint density at radius 3 is 2.70 bits per heavy atom. The van der Waals surface area contributed by atoms with Crippen LogP contribution in [-0.2, 0) is 0 Å². The van der Waals surface area contributed by atoms with E-state index in [2.05, 4.69) is 20.2 Å². The molecule has 0 spiro atoms. The zero-order valence-corrected chi connectivity index (χ0v) is 17.0. The van der Waals surface area contributed by atoms with Gasteiger partial charge in [-0.25, -0.2) is 9.78 Å². The van der Waals surface area contributed by atoms with Gasteiger partial charge in [-0.15, -0.1) is 0 Å². The fourth-order valence-electron chi connectivity index (χ4n) is 3.17. The summed E-state index contributed by atoms with van der Waals surface area (Å²) in [6.45, 7) is 1.78. The summed E-state index contributed by atoms with van der Waals surface area (Å²) in [4.78, 5) is 17.7. The number of amides is 2. The van der Waals surface area contributed by atoms with E-state index < -0.39 is 6.03 Å². The van der Waals surface area contributed by atoms with Crippen molar-refractivity contribution < 1.29 is 14.1 Å². The molecule has 0 radical (unpaired) electrons. The predicted octanol–water partition coefficient (Wildman–Crippen LogP) is 5.17. The molecule has 8 nitrogen and oxygen atoms in total. The lowest BCUT2D eigenvalue weighted by atomic mass is 10.1. The number of carbonyl (C=O) groups excluding carboxylic acids is 1. The van der Waals surface area contributed by atoms with Gasteiger partial charge in [-0.2, -0.15) is 0 Å². The molecular weight excluding hydrogens is 402 g/mol. The smallest absolute Gasteiger partial charge is 0.326 e. The maximum atomic E-state index is 12.1. The van der Waals surface area contributed by atoms with Crippen molar-refractivity contribution in [1.29, 1.82) is 0 Å². The SMILES string of the molecule is COc1ccc2c(c1)sc1nc(-c3ccc(NC(=O)Nc4cc(C)no4)cc3)cn12. The van der Waals surface area contributed by atoms with Crippen molar-refractivity contribution in [2.24, 2.45) is 0 Å². The molecule has 30 heavy (non-hydrogen) atoms. The van der Waals surface area contributed by atoms with Gasteiger partial charge in [-0.3, -0.25) is 9.72 Å². The standard InChI is InChI=1S/C21H17N5O3S/c1-12-9-19(29-25-12)24-20(27)22-14-5-3-13(4-6-14)16-11-26-17-8-7-15(28-2)10-18(17)30-21(26)23-16/h3-11H,1-2H3,(H2,22,24,27). The van der Waals surface area contributed by atoms with Crippen LogP contribution in [0.25, 0.3) is 26.4 Å². The van der Waals surface area contributed by atoms with E-state index in [0.717, 1.165) is 32.2 Å².